The maximum absolute atomic E-state index is 12.9. The molecule has 0 saturated heterocycles. The maximum atomic E-state index is 12.9. The normalized spacial score (nSPS) is 12.6. The van der Waals surface area contributed by atoms with Gasteiger partial charge in [-0.3, -0.25) is 14.4 Å². The van der Waals surface area contributed by atoms with Gasteiger partial charge in [0.15, 0.2) is 6.10 Å². The summed E-state index contributed by atoms with van der Waals surface area (Å²) < 4.78 is 16.8. The Morgan fingerprint density at radius 3 is 0.785 bits per heavy atom. The fraction of sp³-hybridized carbons (Fsp3) is 0.767. The van der Waals surface area contributed by atoms with Crippen molar-refractivity contribution in [2.24, 2.45) is 0 Å². The molecule has 0 aliphatic heterocycles. The van der Waals surface area contributed by atoms with E-state index in [0.29, 0.717) is 19.3 Å². The molecule has 79 heavy (non-hydrogen) atoms. The number of hydrogen-bond acceptors (Lipinski definition) is 6. The van der Waals surface area contributed by atoms with Crippen molar-refractivity contribution >= 4 is 17.9 Å². The van der Waals surface area contributed by atoms with Crippen LogP contribution < -0.4 is 0 Å². The third-order valence-corrected chi connectivity index (χ3v) is 14.9. The first-order valence-corrected chi connectivity index (χ1v) is 34.1. The molecule has 0 aromatic carbocycles. The molecule has 0 aromatic rings. The molecule has 0 saturated carbocycles. The summed E-state index contributed by atoms with van der Waals surface area (Å²) in [6, 6.07) is 0. The third kappa shape index (κ3) is 65.3. The Bertz CT molecular complexity index is 1500. The second-order valence-corrected chi connectivity index (χ2v) is 22.7. The lowest BCUT2D eigenvalue weighted by molar-refractivity contribution is -0.167. The van der Waals surface area contributed by atoms with E-state index in [-0.39, 0.29) is 31.1 Å². The number of esters is 3. The zero-order valence-corrected chi connectivity index (χ0v) is 52.4. The molecule has 0 rings (SSSR count). The molecule has 0 spiro atoms. The van der Waals surface area contributed by atoms with Crippen molar-refractivity contribution in [1.29, 1.82) is 0 Å². The predicted molar refractivity (Wildman–Crippen MR) is 344 cm³/mol. The molecule has 0 aromatic heterocycles. The predicted octanol–water partition coefficient (Wildman–Crippen LogP) is 23.4. The topological polar surface area (TPSA) is 78.9 Å². The average Bonchev–Trinajstić information content (AvgIpc) is 3.45. The number of allylic oxidation sites excluding steroid dienone is 14. The fourth-order valence-corrected chi connectivity index (χ4v) is 9.80. The van der Waals surface area contributed by atoms with E-state index in [4.69, 9.17) is 14.2 Å². The van der Waals surface area contributed by atoms with Gasteiger partial charge in [-0.2, -0.15) is 0 Å². The zero-order valence-electron chi connectivity index (χ0n) is 52.4. The van der Waals surface area contributed by atoms with Crippen LogP contribution >= 0.6 is 0 Å². The first kappa shape index (κ1) is 75.6. The highest BCUT2D eigenvalue weighted by atomic mass is 16.6. The Labute approximate surface area is 490 Å². The molecule has 0 amide bonds. The Balaban J connectivity index is 4.09. The third-order valence-electron chi connectivity index (χ3n) is 14.9. The van der Waals surface area contributed by atoms with Gasteiger partial charge in [-0.05, 0) is 96.3 Å². The Morgan fingerprint density at radius 1 is 0.266 bits per heavy atom. The summed E-state index contributed by atoms with van der Waals surface area (Å²) in [5.41, 5.74) is 0. The molecule has 6 nitrogen and oxygen atoms in total. The van der Waals surface area contributed by atoms with Crippen LogP contribution in [0.3, 0.4) is 0 Å². The Morgan fingerprint density at radius 2 is 0.494 bits per heavy atom. The van der Waals surface area contributed by atoms with Gasteiger partial charge in [-0.15, -0.1) is 0 Å². The summed E-state index contributed by atoms with van der Waals surface area (Å²) in [6.07, 6.45) is 89.3. The molecule has 0 bridgehead atoms. The van der Waals surface area contributed by atoms with Crippen molar-refractivity contribution in [2.75, 3.05) is 13.2 Å². The lowest BCUT2D eigenvalue weighted by Gasteiger charge is -2.18. The summed E-state index contributed by atoms with van der Waals surface area (Å²) in [5, 5.41) is 0. The molecule has 0 fully saturated rings. The minimum atomic E-state index is -0.788. The highest BCUT2D eigenvalue weighted by Crippen LogP contribution is 2.17. The summed E-state index contributed by atoms with van der Waals surface area (Å²) >= 11 is 0. The van der Waals surface area contributed by atoms with Gasteiger partial charge < -0.3 is 14.2 Å². The second-order valence-electron chi connectivity index (χ2n) is 22.7. The monoisotopic (exact) mass is 1100 g/mol. The standard InChI is InChI=1S/C73H128O6/c1-4-7-10-13-16-18-20-22-24-26-28-30-32-33-34-35-36-37-38-39-41-42-44-46-48-50-52-54-57-60-63-66-72(75)78-69-70(68-77-71(74)65-62-59-56-15-12-9-6-3)79-73(76)67-64-61-58-55-53-51-49-47-45-43-40-31-29-27-25-23-21-19-17-14-11-8-5-2/h8,11,17,19,23,25-26,28-29,31,43,45,49,51,70H,4-7,9-10,12-16,18,20-22,24,27,30,32-42,44,46-48,50,52-69H2,1-3H3/b11-8-,19-17-,25-23-,28-26-,31-29-,45-43-,51-49-. The highest BCUT2D eigenvalue weighted by Gasteiger charge is 2.19. The summed E-state index contributed by atoms with van der Waals surface area (Å²) in [5.74, 6) is -0.903. The molecule has 0 heterocycles. The number of carbonyl (C=O) groups is 3. The van der Waals surface area contributed by atoms with Crippen molar-refractivity contribution in [3.05, 3.63) is 85.1 Å². The average molecular weight is 1100 g/mol. The van der Waals surface area contributed by atoms with Crippen LogP contribution in [0, 0.1) is 0 Å². The first-order valence-electron chi connectivity index (χ1n) is 34.1. The molecule has 456 valence electrons. The summed E-state index contributed by atoms with van der Waals surface area (Å²) in [6.45, 7) is 6.50. The molecule has 0 aliphatic carbocycles. The molecule has 0 N–H and O–H groups in total. The number of rotatable bonds is 62. The van der Waals surface area contributed by atoms with E-state index in [9.17, 15) is 14.4 Å². The van der Waals surface area contributed by atoms with Gasteiger partial charge in [0.1, 0.15) is 13.2 Å². The van der Waals surface area contributed by atoms with Crippen LogP contribution in [0.1, 0.15) is 342 Å². The lowest BCUT2D eigenvalue weighted by atomic mass is 10.0. The molecular weight excluding hydrogens is 973 g/mol. The quantitative estimate of drug-likeness (QED) is 0.0261. The second kappa shape index (κ2) is 67.1. The smallest absolute Gasteiger partial charge is 0.306 e. The van der Waals surface area contributed by atoms with Gasteiger partial charge in [0.25, 0.3) is 0 Å². The maximum Gasteiger partial charge on any atom is 0.306 e. The van der Waals surface area contributed by atoms with Gasteiger partial charge in [-0.25, -0.2) is 0 Å². The van der Waals surface area contributed by atoms with Crippen LogP contribution in [0.5, 0.6) is 0 Å². The molecule has 6 heteroatoms. The highest BCUT2D eigenvalue weighted by molar-refractivity contribution is 5.71. The van der Waals surface area contributed by atoms with E-state index in [1.165, 1.54) is 193 Å². The lowest BCUT2D eigenvalue weighted by Crippen LogP contribution is -2.30. The van der Waals surface area contributed by atoms with Crippen molar-refractivity contribution in [1.82, 2.24) is 0 Å². The molecular formula is C73H128O6. The van der Waals surface area contributed by atoms with Gasteiger partial charge >= 0.3 is 17.9 Å². The molecule has 1 unspecified atom stereocenters. The summed E-state index contributed by atoms with van der Waals surface area (Å²) in [7, 11) is 0. The van der Waals surface area contributed by atoms with Crippen LogP contribution in [0.2, 0.25) is 0 Å². The van der Waals surface area contributed by atoms with Crippen molar-refractivity contribution < 1.29 is 28.6 Å². The van der Waals surface area contributed by atoms with Crippen LogP contribution in [-0.2, 0) is 28.6 Å². The number of unbranched alkanes of at least 4 members (excludes halogenated alkanes) is 37. The van der Waals surface area contributed by atoms with E-state index in [1.54, 1.807) is 0 Å². The number of ether oxygens (including phenoxy) is 3. The Kier molecular flexibility index (Phi) is 64.2. The van der Waals surface area contributed by atoms with Gasteiger partial charge in [0.05, 0.1) is 0 Å². The molecule has 0 aliphatic rings. The first-order chi connectivity index (χ1) is 39.0. The fourth-order valence-electron chi connectivity index (χ4n) is 9.80. The largest absolute Gasteiger partial charge is 0.462 e. The summed E-state index contributed by atoms with van der Waals surface area (Å²) in [4.78, 5) is 38.1. The minimum Gasteiger partial charge on any atom is -0.462 e. The minimum absolute atomic E-state index is 0.0840. The molecule has 1 atom stereocenters. The van der Waals surface area contributed by atoms with Crippen LogP contribution in [0.25, 0.3) is 0 Å². The Hall–Kier alpha value is -3.41. The van der Waals surface area contributed by atoms with Crippen LogP contribution in [0.4, 0.5) is 0 Å². The van der Waals surface area contributed by atoms with E-state index < -0.39 is 6.10 Å². The van der Waals surface area contributed by atoms with E-state index in [2.05, 4.69) is 106 Å². The van der Waals surface area contributed by atoms with Crippen molar-refractivity contribution in [3.63, 3.8) is 0 Å². The van der Waals surface area contributed by atoms with Crippen molar-refractivity contribution in [2.45, 2.75) is 348 Å². The number of hydrogen-bond donors (Lipinski definition) is 0. The van der Waals surface area contributed by atoms with Crippen LogP contribution in [-0.4, -0.2) is 37.2 Å². The van der Waals surface area contributed by atoms with Gasteiger partial charge in [0.2, 0.25) is 0 Å². The SMILES string of the molecule is CC/C=C\C/C=C\C/C=C\C/C=C\C/C=C\C/C=C\CCCCCCC(=O)OC(COC(=O)CCCCCCCCC)COC(=O)CCCCCCCCCCCCCCCCCCCCC/C=C\CCCCCCCCCC. The van der Waals surface area contributed by atoms with Crippen molar-refractivity contribution in [3.8, 4) is 0 Å². The number of carbonyl (C=O) groups excluding carboxylic acids is 3. The van der Waals surface area contributed by atoms with E-state index >= 15 is 0 Å². The van der Waals surface area contributed by atoms with E-state index in [1.807, 2.05) is 0 Å². The van der Waals surface area contributed by atoms with E-state index in [0.717, 1.165) is 109 Å². The van der Waals surface area contributed by atoms with Gasteiger partial charge in [-0.1, -0.05) is 311 Å². The van der Waals surface area contributed by atoms with Crippen LogP contribution in [0.15, 0.2) is 85.1 Å². The zero-order chi connectivity index (χ0) is 57.1. The van der Waals surface area contributed by atoms with Gasteiger partial charge in [0, 0.05) is 19.3 Å². The molecule has 0 radical (unpaired) electrons.